The Bertz CT molecular complexity index is 1100. The van der Waals surface area contributed by atoms with E-state index >= 15 is 0 Å². The maximum Gasteiger partial charge on any atom is 0.253 e. The van der Waals surface area contributed by atoms with E-state index in [1.807, 2.05) is 36.4 Å². The van der Waals surface area contributed by atoms with Crippen LogP contribution in [0.1, 0.15) is 42.5 Å². The molecule has 5 rings (SSSR count). The Morgan fingerprint density at radius 1 is 1.03 bits per heavy atom. The van der Waals surface area contributed by atoms with Crippen molar-refractivity contribution in [1.82, 2.24) is 14.8 Å². The Hall–Kier alpha value is -3.19. The molecule has 1 N–H and O–H groups in total. The number of carbonyl (C=O) groups excluding carboxylic acids is 2. The first-order chi connectivity index (χ1) is 15.5. The summed E-state index contributed by atoms with van der Waals surface area (Å²) in [6.07, 6.45) is 4.14. The molecule has 0 unspecified atom stereocenters. The van der Waals surface area contributed by atoms with Crippen molar-refractivity contribution in [3.05, 3.63) is 54.1 Å². The van der Waals surface area contributed by atoms with Gasteiger partial charge in [-0.1, -0.05) is 12.1 Å². The van der Waals surface area contributed by atoms with E-state index in [1.165, 1.54) is 0 Å². The van der Waals surface area contributed by atoms with Crippen LogP contribution in [0.3, 0.4) is 0 Å². The zero-order valence-corrected chi connectivity index (χ0v) is 18.1. The van der Waals surface area contributed by atoms with Gasteiger partial charge in [-0.15, -0.1) is 0 Å². The number of para-hydroxylation sites is 2. The molecular formula is C25H27N3O4. The van der Waals surface area contributed by atoms with Gasteiger partial charge < -0.3 is 19.3 Å². The van der Waals surface area contributed by atoms with Crippen LogP contribution >= 0.6 is 0 Å². The average Bonchev–Trinajstić information content (AvgIpc) is 3.36. The van der Waals surface area contributed by atoms with Gasteiger partial charge >= 0.3 is 0 Å². The molecule has 166 valence electrons. The summed E-state index contributed by atoms with van der Waals surface area (Å²) in [5.41, 5.74) is 2.94. The van der Waals surface area contributed by atoms with Gasteiger partial charge in [-0.3, -0.25) is 9.59 Å². The van der Waals surface area contributed by atoms with E-state index in [-0.39, 0.29) is 36.5 Å². The predicted molar refractivity (Wildman–Crippen MR) is 120 cm³/mol. The lowest BCUT2D eigenvalue weighted by Gasteiger charge is -2.26. The van der Waals surface area contributed by atoms with Gasteiger partial charge in [0.25, 0.3) is 5.91 Å². The fourth-order valence-corrected chi connectivity index (χ4v) is 4.64. The summed E-state index contributed by atoms with van der Waals surface area (Å²) in [5, 5.41) is 9.55. The highest BCUT2D eigenvalue weighted by molar-refractivity contribution is 5.95. The second-order valence-electron chi connectivity index (χ2n) is 8.82. The number of fused-ring (bicyclic) bond motifs is 1. The maximum absolute atomic E-state index is 13.1. The second-order valence-corrected chi connectivity index (χ2v) is 8.82. The van der Waals surface area contributed by atoms with Crippen molar-refractivity contribution in [3.63, 3.8) is 0 Å². The zero-order chi connectivity index (χ0) is 22.2. The summed E-state index contributed by atoms with van der Waals surface area (Å²) < 4.78 is 5.81. The minimum absolute atomic E-state index is 0.0212. The normalized spacial score (nSPS) is 20.4. The summed E-state index contributed by atoms with van der Waals surface area (Å²) in [5.74, 6) is 0.374. The third-order valence-electron chi connectivity index (χ3n) is 6.72. The summed E-state index contributed by atoms with van der Waals surface area (Å²) in [6, 6.07) is 15.1. The Balaban J connectivity index is 1.24. The molecule has 7 heteroatoms. The lowest BCUT2D eigenvalue weighted by Crippen LogP contribution is -2.39. The predicted octanol–water partition coefficient (Wildman–Crippen LogP) is 3.68. The number of rotatable bonds is 6. The number of aliphatic hydroxyl groups is 1. The summed E-state index contributed by atoms with van der Waals surface area (Å²) in [4.78, 5) is 33.7. The molecule has 3 aromatic rings. The number of aromatic nitrogens is 1. The largest absolute Gasteiger partial charge is 0.436 e. The molecule has 0 radical (unpaired) electrons. The number of aliphatic hydroxyl groups excluding tert-OH is 1. The van der Waals surface area contributed by atoms with E-state index in [0.717, 1.165) is 42.3 Å². The Kier molecular flexibility index (Phi) is 5.43. The van der Waals surface area contributed by atoms with Gasteiger partial charge in [0.2, 0.25) is 11.8 Å². The van der Waals surface area contributed by atoms with Crippen molar-refractivity contribution in [1.29, 1.82) is 0 Å². The number of benzene rings is 2. The van der Waals surface area contributed by atoms with Crippen molar-refractivity contribution in [2.75, 3.05) is 13.8 Å². The van der Waals surface area contributed by atoms with Crippen LogP contribution < -0.4 is 0 Å². The molecule has 0 bridgehead atoms. The number of amides is 2. The van der Waals surface area contributed by atoms with Crippen molar-refractivity contribution < 1.29 is 19.1 Å². The van der Waals surface area contributed by atoms with Crippen molar-refractivity contribution in [2.24, 2.45) is 5.92 Å². The van der Waals surface area contributed by atoms with Crippen LogP contribution in [0.25, 0.3) is 22.6 Å². The van der Waals surface area contributed by atoms with E-state index in [4.69, 9.17) is 4.42 Å². The molecule has 2 aliphatic carbocycles. The number of oxazole rings is 1. The van der Waals surface area contributed by atoms with Crippen LogP contribution in [0.5, 0.6) is 0 Å². The van der Waals surface area contributed by atoms with Crippen LogP contribution in [-0.2, 0) is 4.79 Å². The number of nitrogens with zero attached hydrogens (tertiary/aromatic N) is 3. The highest BCUT2D eigenvalue weighted by atomic mass is 16.3. The van der Waals surface area contributed by atoms with E-state index < -0.39 is 0 Å². The van der Waals surface area contributed by atoms with Crippen molar-refractivity contribution in [2.45, 2.75) is 44.2 Å². The third-order valence-corrected chi connectivity index (χ3v) is 6.72. The first kappa shape index (κ1) is 20.7. The molecule has 7 nitrogen and oxygen atoms in total. The lowest BCUT2D eigenvalue weighted by molar-refractivity contribution is -0.139. The molecule has 2 atom stereocenters. The van der Waals surface area contributed by atoms with Gasteiger partial charge in [-0.2, -0.15) is 0 Å². The van der Waals surface area contributed by atoms with Crippen LogP contribution in [0.15, 0.2) is 52.9 Å². The van der Waals surface area contributed by atoms with Gasteiger partial charge in [0.15, 0.2) is 5.58 Å². The van der Waals surface area contributed by atoms with E-state index in [1.54, 1.807) is 29.0 Å². The monoisotopic (exact) mass is 433 g/mol. The SMILES string of the molecule is CN(C(=O)c1ccc(-c2nc3ccccc3o2)cc1)[C@@H]1CC[C@H](C(=O)N(CO)C2CC2)C1. The number of carbonyl (C=O) groups is 2. The summed E-state index contributed by atoms with van der Waals surface area (Å²) in [6.45, 7) is -0.216. The minimum atomic E-state index is -0.216. The average molecular weight is 434 g/mol. The van der Waals surface area contributed by atoms with Crippen LogP contribution in [0.4, 0.5) is 0 Å². The smallest absolute Gasteiger partial charge is 0.253 e. The second kappa shape index (κ2) is 8.39. The Morgan fingerprint density at radius 2 is 1.75 bits per heavy atom. The van der Waals surface area contributed by atoms with Gasteiger partial charge in [0, 0.05) is 36.2 Å². The molecule has 0 spiro atoms. The van der Waals surface area contributed by atoms with Crippen LogP contribution in [0.2, 0.25) is 0 Å². The topological polar surface area (TPSA) is 86.9 Å². The first-order valence-corrected chi connectivity index (χ1v) is 11.2. The van der Waals surface area contributed by atoms with Gasteiger partial charge in [-0.05, 0) is 68.5 Å². The molecule has 2 fully saturated rings. The van der Waals surface area contributed by atoms with Crippen molar-refractivity contribution in [3.8, 4) is 11.5 Å². The quantitative estimate of drug-likeness (QED) is 0.600. The number of hydrogen-bond donors (Lipinski definition) is 1. The van der Waals surface area contributed by atoms with E-state index in [2.05, 4.69) is 4.98 Å². The molecule has 1 aromatic heterocycles. The molecule has 1 heterocycles. The molecule has 2 amide bonds. The minimum Gasteiger partial charge on any atom is -0.436 e. The molecule has 2 aliphatic rings. The fraction of sp³-hybridized carbons (Fsp3) is 0.400. The Labute approximate surface area is 186 Å². The highest BCUT2D eigenvalue weighted by Gasteiger charge is 2.40. The standard InChI is InChI=1S/C25H27N3O4/c1-27(20-11-10-18(14-20)25(31)28(15-29)19-12-13-19)24(30)17-8-6-16(7-9-17)23-26-21-4-2-3-5-22(21)32-23/h2-9,18-20,29H,10-15H2,1H3/t18-,20+/m0/s1. The zero-order valence-electron chi connectivity index (χ0n) is 18.1. The lowest BCUT2D eigenvalue weighted by atomic mass is 10.1. The van der Waals surface area contributed by atoms with Gasteiger partial charge in [0.1, 0.15) is 12.2 Å². The van der Waals surface area contributed by atoms with E-state index in [0.29, 0.717) is 17.9 Å². The highest BCUT2D eigenvalue weighted by Crippen LogP contribution is 2.34. The van der Waals surface area contributed by atoms with E-state index in [9.17, 15) is 14.7 Å². The molecular weight excluding hydrogens is 406 g/mol. The fourth-order valence-electron chi connectivity index (χ4n) is 4.64. The van der Waals surface area contributed by atoms with Crippen molar-refractivity contribution >= 4 is 22.9 Å². The molecule has 2 saturated carbocycles. The van der Waals surface area contributed by atoms with Gasteiger partial charge in [-0.25, -0.2) is 4.98 Å². The van der Waals surface area contributed by atoms with Crippen LogP contribution in [0, 0.1) is 5.92 Å². The summed E-state index contributed by atoms with van der Waals surface area (Å²) in [7, 11) is 1.80. The maximum atomic E-state index is 13.1. The Morgan fingerprint density at radius 3 is 2.44 bits per heavy atom. The number of hydrogen-bond acceptors (Lipinski definition) is 5. The molecule has 2 aromatic carbocycles. The van der Waals surface area contributed by atoms with Gasteiger partial charge in [0.05, 0.1) is 0 Å². The molecule has 32 heavy (non-hydrogen) atoms. The molecule has 0 saturated heterocycles. The van der Waals surface area contributed by atoms with Crippen LogP contribution in [-0.4, -0.2) is 57.6 Å². The third kappa shape index (κ3) is 3.88. The summed E-state index contributed by atoms with van der Waals surface area (Å²) >= 11 is 0. The molecule has 0 aliphatic heterocycles. The first-order valence-electron chi connectivity index (χ1n) is 11.2.